The van der Waals surface area contributed by atoms with Crippen LogP contribution in [-0.2, 0) is 11.2 Å². The zero-order valence-electron chi connectivity index (χ0n) is 13.9. The molecule has 1 amide bonds. The Morgan fingerprint density at radius 3 is 2.65 bits per heavy atom. The van der Waals surface area contributed by atoms with Gasteiger partial charge in [0.1, 0.15) is 17.4 Å². The van der Waals surface area contributed by atoms with Gasteiger partial charge in [0.25, 0.3) is 0 Å². The molecule has 0 spiro atoms. The van der Waals surface area contributed by atoms with E-state index in [1.165, 1.54) is 0 Å². The highest BCUT2D eigenvalue weighted by Crippen LogP contribution is 2.27. The molecule has 1 aromatic heterocycles. The number of carbonyl (C=O) groups excluding carboxylic acids is 1. The number of piperidine rings is 1. The Balaban J connectivity index is 1.94. The molecule has 0 unspecified atom stereocenters. The third kappa shape index (κ3) is 4.93. The summed E-state index contributed by atoms with van der Waals surface area (Å²) in [4.78, 5) is 17.9. The van der Waals surface area contributed by atoms with Gasteiger partial charge in [-0.3, -0.25) is 0 Å². The predicted octanol–water partition coefficient (Wildman–Crippen LogP) is 2.26. The third-order valence-corrected chi connectivity index (χ3v) is 3.78. The summed E-state index contributed by atoms with van der Waals surface area (Å²) in [7, 11) is 0. The lowest BCUT2D eigenvalue weighted by molar-refractivity contribution is -0.0319. The van der Waals surface area contributed by atoms with Crippen LogP contribution in [0.5, 0.6) is 0 Å². The Kier molecular flexibility index (Phi) is 4.90. The van der Waals surface area contributed by atoms with Gasteiger partial charge >= 0.3 is 6.09 Å². The number of nitriles is 1. The Morgan fingerprint density at radius 2 is 2.09 bits per heavy atom. The van der Waals surface area contributed by atoms with E-state index in [0.29, 0.717) is 43.7 Å². The fourth-order valence-electron chi connectivity index (χ4n) is 2.59. The summed E-state index contributed by atoms with van der Waals surface area (Å²) >= 11 is 0. The minimum absolute atomic E-state index is 0.343. The van der Waals surface area contributed by atoms with Gasteiger partial charge in [-0.25, -0.2) is 9.78 Å². The van der Waals surface area contributed by atoms with Crippen molar-refractivity contribution in [3.63, 3.8) is 0 Å². The van der Waals surface area contributed by atoms with Crippen LogP contribution in [0.4, 0.5) is 4.79 Å². The molecule has 23 heavy (non-hydrogen) atoms. The highest BCUT2D eigenvalue weighted by atomic mass is 16.6. The van der Waals surface area contributed by atoms with Gasteiger partial charge in [0.2, 0.25) is 0 Å². The van der Waals surface area contributed by atoms with Crippen LogP contribution in [-0.4, -0.2) is 45.4 Å². The van der Waals surface area contributed by atoms with E-state index in [9.17, 15) is 9.90 Å². The number of carbonyl (C=O) groups is 1. The van der Waals surface area contributed by atoms with Gasteiger partial charge in [-0.15, -0.1) is 0 Å². The normalized spacial score (nSPS) is 17.4. The summed E-state index contributed by atoms with van der Waals surface area (Å²) in [6, 6.07) is 7.20. The number of rotatable bonds is 2. The van der Waals surface area contributed by atoms with Crippen LogP contribution in [0, 0.1) is 11.3 Å². The maximum atomic E-state index is 12.0. The standard InChI is InChI=1S/C17H23N3O3/c1-16(2,3)23-15(21)20-9-7-17(22,8-10-20)11-13-5-4-6-14(12-18)19-13/h4-6,22H,7-11H2,1-3H3. The van der Waals surface area contributed by atoms with Crippen LogP contribution in [0.25, 0.3) is 0 Å². The lowest BCUT2D eigenvalue weighted by atomic mass is 9.87. The van der Waals surface area contributed by atoms with Crippen molar-refractivity contribution in [2.45, 2.75) is 51.2 Å². The highest BCUT2D eigenvalue weighted by Gasteiger charge is 2.35. The number of hydrogen-bond acceptors (Lipinski definition) is 5. The van der Waals surface area contributed by atoms with E-state index in [1.807, 2.05) is 26.8 Å². The van der Waals surface area contributed by atoms with Gasteiger partial charge in [0.05, 0.1) is 5.60 Å². The van der Waals surface area contributed by atoms with Crippen LogP contribution in [0.2, 0.25) is 0 Å². The van der Waals surface area contributed by atoms with E-state index in [2.05, 4.69) is 4.98 Å². The highest BCUT2D eigenvalue weighted by molar-refractivity contribution is 5.68. The van der Waals surface area contributed by atoms with Gasteiger partial charge in [0, 0.05) is 25.2 Å². The van der Waals surface area contributed by atoms with Crippen molar-refractivity contribution in [2.75, 3.05) is 13.1 Å². The van der Waals surface area contributed by atoms with E-state index in [0.717, 1.165) is 0 Å². The molecule has 0 atom stereocenters. The molecule has 0 aliphatic carbocycles. The molecule has 6 heteroatoms. The van der Waals surface area contributed by atoms with Crippen LogP contribution < -0.4 is 0 Å². The van der Waals surface area contributed by atoms with E-state index in [1.54, 1.807) is 23.1 Å². The quantitative estimate of drug-likeness (QED) is 0.904. The first-order valence-electron chi connectivity index (χ1n) is 7.77. The van der Waals surface area contributed by atoms with Gasteiger partial charge in [0.15, 0.2) is 0 Å². The molecule has 2 rings (SSSR count). The molecule has 0 radical (unpaired) electrons. The smallest absolute Gasteiger partial charge is 0.410 e. The second kappa shape index (κ2) is 6.55. The number of aromatic nitrogens is 1. The summed E-state index contributed by atoms with van der Waals surface area (Å²) in [6.45, 7) is 6.39. The maximum absolute atomic E-state index is 12.0. The maximum Gasteiger partial charge on any atom is 0.410 e. The number of aliphatic hydroxyl groups is 1. The summed E-state index contributed by atoms with van der Waals surface area (Å²) in [5.74, 6) is 0. The van der Waals surface area contributed by atoms with Gasteiger partial charge < -0.3 is 14.7 Å². The molecule has 0 bridgehead atoms. The molecule has 6 nitrogen and oxygen atoms in total. The number of amides is 1. The third-order valence-electron chi connectivity index (χ3n) is 3.78. The zero-order valence-corrected chi connectivity index (χ0v) is 13.9. The van der Waals surface area contributed by atoms with E-state index in [-0.39, 0.29) is 6.09 Å². The molecule has 124 valence electrons. The fraction of sp³-hybridized carbons (Fsp3) is 0.588. The average molecular weight is 317 g/mol. The Bertz CT molecular complexity index is 608. The lowest BCUT2D eigenvalue weighted by Gasteiger charge is -2.38. The molecule has 0 aromatic carbocycles. The molecule has 1 aromatic rings. The fourth-order valence-corrected chi connectivity index (χ4v) is 2.59. The molecular formula is C17H23N3O3. The number of ether oxygens (including phenoxy) is 1. The molecule has 1 fully saturated rings. The van der Waals surface area contributed by atoms with Crippen molar-refractivity contribution in [1.29, 1.82) is 5.26 Å². The van der Waals surface area contributed by atoms with Crippen LogP contribution in [0.15, 0.2) is 18.2 Å². The SMILES string of the molecule is CC(C)(C)OC(=O)N1CCC(O)(Cc2cccc(C#N)n2)CC1. The first kappa shape index (κ1) is 17.2. The van der Waals surface area contributed by atoms with Crippen LogP contribution in [0.1, 0.15) is 45.0 Å². The molecule has 1 aliphatic heterocycles. The summed E-state index contributed by atoms with van der Waals surface area (Å²) in [6.07, 6.45) is 0.962. The minimum atomic E-state index is -0.903. The first-order chi connectivity index (χ1) is 10.7. The van der Waals surface area contributed by atoms with Crippen molar-refractivity contribution in [3.05, 3.63) is 29.6 Å². The number of likely N-dealkylation sites (tertiary alicyclic amines) is 1. The zero-order chi connectivity index (χ0) is 17.1. The average Bonchev–Trinajstić information content (AvgIpc) is 2.46. The molecule has 1 aliphatic rings. The van der Waals surface area contributed by atoms with E-state index >= 15 is 0 Å². The molecule has 1 N–H and O–H groups in total. The van der Waals surface area contributed by atoms with Crippen LogP contribution in [0.3, 0.4) is 0 Å². The Morgan fingerprint density at radius 1 is 1.43 bits per heavy atom. The predicted molar refractivity (Wildman–Crippen MR) is 84.6 cm³/mol. The molecule has 1 saturated heterocycles. The van der Waals surface area contributed by atoms with Crippen molar-refractivity contribution in [2.24, 2.45) is 0 Å². The topological polar surface area (TPSA) is 86.5 Å². The molecular weight excluding hydrogens is 294 g/mol. The van der Waals surface area contributed by atoms with Gasteiger partial charge in [-0.1, -0.05) is 6.07 Å². The largest absolute Gasteiger partial charge is 0.444 e. The van der Waals surface area contributed by atoms with Gasteiger partial charge in [-0.05, 0) is 45.7 Å². The van der Waals surface area contributed by atoms with Crippen LogP contribution >= 0.6 is 0 Å². The number of hydrogen-bond donors (Lipinski definition) is 1. The number of nitrogens with zero attached hydrogens (tertiary/aromatic N) is 3. The minimum Gasteiger partial charge on any atom is -0.444 e. The summed E-state index contributed by atoms with van der Waals surface area (Å²) < 4.78 is 5.35. The lowest BCUT2D eigenvalue weighted by Crippen LogP contribution is -2.49. The van der Waals surface area contributed by atoms with Crippen molar-refractivity contribution >= 4 is 6.09 Å². The molecule has 0 saturated carbocycles. The molecule has 2 heterocycles. The van der Waals surface area contributed by atoms with Crippen molar-refractivity contribution in [1.82, 2.24) is 9.88 Å². The first-order valence-corrected chi connectivity index (χ1v) is 7.77. The monoisotopic (exact) mass is 317 g/mol. The second-order valence-corrected chi connectivity index (χ2v) is 6.99. The van der Waals surface area contributed by atoms with E-state index in [4.69, 9.17) is 10.00 Å². The summed E-state index contributed by atoms with van der Waals surface area (Å²) in [5, 5.41) is 19.6. The number of pyridine rings is 1. The second-order valence-electron chi connectivity index (χ2n) is 6.99. The Labute approximate surface area is 136 Å². The van der Waals surface area contributed by atoms with Crippen molar-refractivity contribution < 1.29 is 14.6 Å². The van der Waals surface area contributed by atoms with E-state index < -0.39 is 11.2 Å². The van der Waals surface area contributed by atoms with Crippen molar-refractivity contribution in [3.8, 4) is 6.07 Å². The van der Waals surface area contributed by atoms with Gasteiger partial charge in [-0.2, -0.15) is 5.26 Å². The Hall–Kier alpha value is -2.13. The summed E-state index contributed by atoms with van der Waals surface area (Å²) in [5.41, 5.74) is -0.388.